The minimum absolute atomic E-state index is 0.342. The number of rotatable bonds is 4. The van der Waals surface area contributed by atoms with E-state index in [-0.39, 0.29) is 11.9 Å². The molecule has 0 unspecified atom stereocenters. The van der Waals surface area contributed by atoms with Crippen molar-refractivity contribution in [2.24, 2.45) is 10.2 Å². The van der Waals surface area contributed by atoms with Crippen molar-refractivity contribution in [3.63, 3.8) is 0 Å². The Morgan fingerprint density at radius 2 is 1.00 bits per heavy atom. The van der Waals surface area contributed by atoms with Gasteiger partial charge < -0.3 is 9.47 Å². The number of hydrogen-bond acceptors (Lipinski definition) is 6. The first-order valence-corrected chi connectivity index (χ1v) is 8.29. The highest BCUT2D eigenvalue weighted by Gasteiger charge is 2.40. The monoisotopic (exact) mass is 310 g/mol. The van der Waals surface area contributed by atoms with E-state index in [0.717, 1.165) is 38.5 Å². The van der Waals surface area contributed by atoms with Crippen molar-refractivity contribution < 1.29 is 19.1 Å². The van der Waals surface area contributed by atoms with Crippen molar-refractivity contribution >= 4 is 11.9 Å². The fraction of sp³-hybridized carbons (Fsp3) is 0.875. The molecule has 0 amide bonds. The number of nitrogens with zero attached hydrogens (tertiary/aromatic N) is 2. The van der Waals surface area contributed by atoms with Crippen LogP contribution in [0.4, 0.5) is 0 Å². The smallest absolute Gasteiger partial charge is 0.304 e. The lowest BCUT2D eigenvalue weighted by atomic mass is 9.91. The molecule has 2 rings (SSSR count). The average Bonchev–Trinajstić information content (AvgIpc) is 2.46. The first-order valence-electron chi connectivity index (χ1n) is 8.29. The number of azo groups is 1. The average molecular weight is 310 g/mol. The number of carbonyl (C=O) groups is 2. The maximum Gasteiger partial charge on any atom is 0.304 e. The van der Waals surface area contributed by atoms with Crippen molar-refractivity contribution in [2.45, 2.75) is 89.5 Å². The molecular formula is C16H26N2O4. The minimum Gasteiger partial charge on any atom is -0.436 e. The second-order valence-electron chi connectivity index (χ2n) is 6.40. The zero-order valence-corrected chi connectivity index (χ0v) is 13.6. The molecule has 2 fully saturated rings. The fourth-order valence-electron chi connectivity index (χ4n) is 3.37. The Balaban J connectivity index is 2.18. The van der Waals surface area contributed by atoms with E-state index in [2.05, 4.69) is 10.2 Å². The van der Waals surface area contributed by atoms with Crippen LogP contribution in [0.5, 0.6) is 0 Å². The van der Waals surface area contributed by atoms with E-state index in [9.17, 15) is 9.59 Å². The molecule has 0 saturated heterocycles. The van der Waals surface area contributed by atoms with Crippen LogP contribution in [0.2, 0.25) is 0 Å². The predicted molar refractivity (Wildman–Crippen MR) is 80.0 cm³/mol. The summed E-state index contributed by atoms with van der Waals surface area (Å²) < 4.78 is 11.0. The summed E-state index contributed by atoms with van der Waals surface area (Å²) in [6.07, 6.45) is 8.84. The molecule has 0 spiro atoms. The zero-order chi connectivity index (χ0) is 16.1. The van der Waals surface area contributed by atoms with E-state index in [1.807, 2.05) is 0 Å². The van der Waals surface area contributed by atoms with Gasteiger partial charge in [-0.15, -0.1) is 10.2 Å². The maximum absolute atomic E-state index is 11.4. The molecular weight excluding hydrogens is 284 g/mol. The quantitative estimate of drug-likeness (QED) is 0.583. The fourth-order valence-corrected chi connectivity index (χ4v) is 3.37. The molecule has 124 valence electrons. The second kappa shape index (κ2) is 7.20. The molecule has 2 aliphatic rings. The van der Waals surface area contributed by atoms with Gasteiger partial charge in [0.25, 0.3) is 0 Å². The van der Waals surface area contributed by atoms with E-state index >= 15 is 0 Å². The van der Waals surface area contributed by atoms with E-state index in [0.29, 0.717) is 25.7 Å². The molecule has 0 bridgehead atoms. The van der Waals surface area contributed by atoms with E-state index < -0.39 is 11.4 Å². The lowest BCUT2D eigenvalue weighted by Crippen LogP contribution is -2.38. The van der Waals surface area contributed by atoms with Gasteiger partial charge in [-0.05, 0) is 25.7 Å². The van der Waals surface area contributed by atoms with Crippen LogP contribution in [0.3, 0.4) is 0 Å². The Labute approximate surface area is 131 Å². The molecule has 2 aliphatic carbocycles. The molecule has 6 heteroatoms. The number of carbonyl (C=O) groups excluding carboxylic acids is 2. The summed E-state index contributed by atoms with van der Waals surface area (Å²) in [6.45, 7) is 2.79. The molecule has 0 aromatic carbocycles. The maximum atomic E-state index is 11.4. The van der Waals surface area contributed by atoms with Crippen molar-refractivity contribution in [1.82, 2.24) is 0 Å². The third-order valence-electron chi connectivity index (χ3n) is 4.35. The van der Waals surface area contributed by atoms with Gasteiger partial charge in [-0.2, -0.15) is 0 Å². The minimum atomic E-state index is -0.866. The first kappa shape index (κ1) is 16.9. The molecule has 0 heterocycles. The summed E-state index contributed by atoms with van der Waals surface area (Å²) in [5, 5.41) is 8.82. The lowest BCUT2D eigenvalue weighted by Gasteiger charge is -2.35. The van der Waals surface area contributed by atoms with Gasteiger partial charge in [-0.3, -0.25) is 9.59 Å². The number of esters is 2. The third-order valence-corrected chi connectivity index (χ3v) is 4.35. The summed E-state index contributed by atoms with van der Waals surface area (Å²) in [6, 6.07) is 0. The molecule has 0 aromatic rings. The number of hydrogen-bond donors (Lipinski definition) is 0. The predicted octanol–water partition coefficient (Wildman–Crippen LogP) is 3.89. The topological polar surface area (TPSA) is 77.3 Å². The Morgan fingerprint density at radius 1 is 0.682 bits per heavy atom. The Hall–Kier alpha value is -1.46. The van der Waals surface area contributed by atoms with Crippen molar-refractivity contribution in [3.05, 3.63) is 0 Å². The van der Waals surface area contributed by atoms with E-state index in [1.165, 1.54) is 13.8 Å². The lowest BCUT2D eigenvalue weighted by molar-refractivity contribution is -0.167. The van der Waals surface area contributed by atoms with Crippen LogP contribution in [0.1, 0.15) is 78.1 Å². The summed E-state index contributed by atoms with van der Waals surface area (Å²) in [5.41, 5.74) is -1.73. The van der Waals surface area contributed by atoms with Gasteiger partial charge in [0.2, 0.25) is 11.4 Å². The molecule has 0 aromatic heterocycles. The molecule has 0 radical (unpaired) electrons. The summed E-state index contributed by atoms with van der Waals surface area (Å²) >= 11 is 0. The van der Waals surface area contributed by atoms with Crippen molar-refractivity contribution in [1.29, 1.82) is 0 Å². The van der Waals surface area contributed by atoms with Crippen LogP contribution in [0.15, 0.2) is 10.2 Å². The molecule has 22 heavy (non-hydrogen) atoms. The normalized spacial score (nSPS) is 23.9. The highest BCUT2D eigenvalue weighted by atomic mass is 16.6. The largest absolute Gasteiger partial charge is 0.436 e. The summed E-state index contributed by atoms with van der Waals surface area (Å²) in [4.78, 5) is 22.8. The Morgan fingerprint density at radius 3 is 1.27 bits per heavy atom. The van der Waals surface area contributed by atoms with Gasteiger partial charge in [0.1, 0.15) is 0 Å². The highest BCUT2D eigenvalue weighted by Crippen LogP contribution is 2.38. The van der Waals surface area contributed by atoms with Crippen molar-refractivity contribution in [2.75, 3.05) is 0 Å². The van der Waals surface area contributed by atoms with Crippen LogP contribution in [0, 0.1) is 0 Å². The van der Waals surface area contributed by atoms with Gasteiger partial charge in [-0.25, -0.2) is 0 Å². The third kappa shape index (κ3) is 4.52. The van der Waals surface area contributed by atoms with E-state index in [4.69, 9.17) is 9.47 Å². The second-order valence-corrected chi connectivity index (χ2v) is 6.40. The molecule has 0 N–H and O–H groups in total. The molecule has 0 atom stereocenters. The van der Waals surface area contributed by atoms with Crippen LogP contribution in [-0.4, -0.2) is 23.4 Å². The van der Waals surface area contributed by atoms with E-state index in [1.54, 1.807) is 0 Å². The molecule has 6 nitrogen and oxygen atoms in total. The molecule has 2 saturated carbocycles. The van der Waals surface area contributed by atoms with Gasteiger partial charge in [0.05, 0.1) is 0 Å². The van der Waals surface area contributed by atoms with Gasteiger partial charge in [0, 0.05) is 39.5 Å². The van der Waals surface area contributed by atoms with Crippen LogP contribution in [0.25, 0.3) is 0 Å². The van der Waals surface area contributed by atoms with Crippen molar-refractivity contribution in [3.8, 4) is 0 Å². The Bertz CT molecular complexity index is 395. The van der Waals surface area contributed by atoms with Crippen LogP contribution in [-0.2, 0) is 19.1 Å². The van der Waals surface area contributed by atoms with Crippen LogP contribution >= 0.6 is 0 Å². The van der Waals surface area contributed by atoms with Gasteiger partial charge in [0.15, 0.2) is 0 Å². The van der Waals surface area contributed by atoms with Crippen LogP contribution < -0.4 is 0 Å². The summed E-state index contributed by atoms with van der Waals surface area (Å²) in [5.74, 6) is -0.683. The first-order chi connectivity index (χ1) is 10.5. The SMILES string of the molecule is CC(=O)OC1(/N=N/C2(OC(C)=O)CCCCC2)CCCCC1. The number of ether oxygens (including phenoxy) is 2. The van der Waals surface area contributed by atoms with Gasteiger partial charge >= 0.3 is 11.9 Å². The van der Waals surface area contributed by atoms with Gasteiger partial charge in [-0.1, -0.05) is 12.8 Å². The summed E-state index contributed by atoms with van der Waals surface area (Å²) in [7, 11) is 0. The molecule has 0 aliphatic heterocycles. The highest BCUT2D eigenvalue weighted by molar-refractivity contribution is 5.67. The standard InChI is InChI=1S/C16H26N2O4/c1-13(19)21-15(9-5-3-6-10-15)17-18-16(22-14(2)20)11-7-4-8-12-16/h3-12H2,1-2H3/b18-17+. The zero-order valence-electron chi connectivity index (χ0n) is 13.6. The Kier molecular flexibility index (Phi) is 5.53.